The third-order valence-electron chi connectivity index (χ3n) is 2.18. The summed E-state index contributed by atoms with van der Waals surface area (Å²) in [5, 5.41) is 27.8. The summed E-state index contributed by atoms with van der Waals surface area (Å²) >= 11 is 0. The zero-order chi connectivity index (χ0) is 12.5. The van der Waals surface area contributed by atoms with Crippen molar-refractivity contribution in [3.63, 3.8) is 0 Å². The van der Waals surface area contributed by atoms with Crippen LogP contribution in [0.25, 0.3) is 0 Å². The van der Waals surface area contributed by atoms with E-state index in [1.165, 1.54) is 0 Å². The summed E-state index contributed by atoms with van der Waals surface area (Å²) < 4.78 is 19.2. The Labute approximate surface area is 90.6 Å². The maximum Gasteiger partial charge on any atom is 0.469 e. The van der Waals surface area contributed by atoms with Crippen LogP contribution in [0.4, 0.5) is 0 Å². The van der Waals surface area contributed by atoms with Crippen molar-refractivity contribution in [2.75, 3.05) is 6.61 Å². The molecule has 1 aliphatic heterocycles. The lowest BCUT2D eigenvalue weighted by Crippen LogP contribution is -2.62. The molecule has 1 saturated heterocycles. The van der Waals surface area contributed by atoms with Crippen LogP contribution in [-0.4, -0.2) is 62.4 Å². The van der Waals surface area contributed by atoms with Gasteiger partial charge in [-0.1, -0.05) is 0 Å². The fraction of sp³-hybridized carbons (Fsp3) is 1.00. The largest absolute Gasteiger partial charge is 0.469 e. The molecule has 0 aromatic rings. The van der Waals surface area contributed by atoms with Crippen molar-refractivity contribution in [3.05, 3.63) is 0 Å². The third-order valence-corrected chi connectivity index (χ3v) is 2.67. The first-order valence-corrected chi connectivity index (χ1v) is 5.91. The number of nitrogens with two attached hydrogens (primary N) is 1. The van der Waals surface area contributed by atoms with E-state index < -0.39 is 45.1 Å². The molecule has 7 N–H and O–H groups in total. The van der Waals surface area contributed by atoms with Crippen LogP contribution in [0.15, 0.2) is 0 Å². The molecule has 1 fully saturated rings. The lowest BCUT2D eigenvalue weighted by molar-refractivity contribution is -0.257. The quantitative estimate of drug-likeness (QED) is 0.287. The van der Waals surface area contributed by atoms with Crippen molar-refractivity contribution in [1.29, 1.82) is 0 Å². The van der Waals surface area contributed by atoms with Gasteiger partial charge in [0.05, 0.1) is 12.6 Å². The molecule has 0 aromatic heterocycles. The molecule has 16 heavy (non-hydrogen) atoms. The van der Waals surface area contributed by atoms with Gasteiger partial charge in [-0.3, -0.25) is 4.52 Å². The van der Waals surface area contributed by atoms with Crippen LogP contribution in [0.2, 0.25) is 0 Å². The van der Waals surface area contributed by atoms with Crippen LogP contribution in [0.1, 0.15) is 0 Å². The molecule has 9 nitrogen and oxygen atoms in total. The average Bonchev–Trinajstić information content (AvgIpc) is 2.17. The van der Waals surface area contributed by atoms with E-state index in [0.29, 0.717) is 0 Å². The standard InChI is InChI=1S/C6H14NO8P/c7-3-4(8)2(1-14-16(11,12)13)15-6(10)5(3)9/h2-6,8-10H,1,7H2,(H2,11,12,13)/t2-,3+,4-,5-,6?/m1/s1. The molecule has 0 radical (unpaired) electrons. The minimum Gasteiger partial charge on any atom is -0.389 e. The van der Waals surface area contributed by atoms with E-state index in [1.807, 2.05) is 0 Å². The number of phosphoric acid groups is 1. The van der Waals surface area contributed by atoms with Gasteiger partial charge in [-0.25, -0.2) is 4.57 Å². The van der Waals surface area contributed by atoms with Crippen LogP contribution in [0.5, 0.6) is 0 Å². The Hall–Kier alpha value is -0.0900. The monoisotopic (exact) mass is 259 g/mol. The minimum atomic E-state index is -4.69. The maximum absolute atomic E-state index is 10.4. The number of hydrogen-bond donors (Lipinski definition) is 6. The van der Waals surface area contributed by atoms with Crippen molar-refractivity contribution in [2.24, 2.45) is 5.73 Å². The highest BCUT2D eigenvalue weighted by Gasteiger charge is 2.42. The van der Waals surface area contributed by atoms with Gasteiger partial charge in [0.15, 0.2) is 6.29 Å². The summed E-state index contributed by atoms with van der Waals surface area (Å²) in [5.41, 5.74) is 5.35. The molecule has 0 bridgehead atoms. The normalized spacial score (nSPS) is 41.0. The Morgan fingerprint density at radius 2 is 1.81 bits per heavy atom. The minimum absolute atomic E-state index is 0.650. The highest BCUT2D eigenvalue weighted by molar-refractivity contribution is 7.46. The molecule has 0 saturated carbocycles. The highest BCUT2D eigenvalue weighted by atomic mass is 31.2. The van der Waals surface area contributed by atoms with Crippen molar-refractivity contribution < 1.29 is 38.9 Å². The van der Waals surface area contributed by atoms with Crippen LogP contribution in [0.3, 0.4) is 0 Å². The molecule has 1 aliphatic rings. The Kier molecular flexibility index (Phi) is 4.41. The van der Waals surface area contributed by atoms with Gasteiger partial charge in [0.2, 0.25) is 0 Å². The average molecular weight is 259 g/mol. The fourth-order valence-electron chi connectivity index (χ4n) is 1.29. The van der Waals surface area contributed by atoms with Crippen molar-refractivity contribution in [3.8, 4) is 0 Å². The molecule has 1 rings (SSSR count). The number of aliphatic hydroxyl groups excluding tert-OH is 3. The maximum atomic E-state index is 10.4. The summed E-state index contributed by atoms with van der Waals surface area (Å²) in [6, 6.07) is -1.19. The summed E-state index contributed by atoms with van der Waals surface area (Å²) in [7, 11) is -4.69. The van der Waals surface area contributed by atoms with Crippen LogP contribution >= 0.6 is 7.82 Å². The van der Waals surface area contributed by atoms with E-state index in [4.69, 9.17) is 20.6 Å². The second kappa shape index (κ2) is 5.05. The smallest absolute Gasteiger partial charge is 0.389 e. The van der Waals surface area contributed by atoms with Gasteiger partial charge in [-0.2, -0.15) is 0 Å². The topological polar surface area (TPSA) is 163 Å². The van der Waals surface area contributed by atoms with E-state index in [2.05, 4.69) is 9.26 Å². The lowest BCUT2D eigenvalue weighted by Gasteiger charge is -2.38. The van der Waals surface area contributed by atoms with Crippen LogP contribution in [0, 0.1) is 0 Å². The van der Waals surface area contributed by atoms with Gasteiger partial charge in [0.1, 0.15) is 18.3 Å². The number of rotatable bonds is 3. The van der Waals surface area contributed by atoms with Crippen LogP contribution in [-0.2, 0) is 13.8 Å². The van der Waals surface area contributed by atoms with Gasteiger partial charge < -0.3 is 35.6 Å². The van der Waals surface area contributed by atoms with Gasteiger partial charge in [-0.15, -0.1) is 0 Å². The molecule has 5 atom stereocenters. The first kappa shape index (κ1) is 14.0. The summed E-state index contributed by atoms with van der Waals surface area (Å²) in [6.45, 7) is -0.650. The summed E-state index contributed by atoms with van der Waals surface area (Å²) in [5.74, 6) is 0. The molecule has 1 heterocycles. The van der Waals surface area contributed by atoms with Crippen molar-refractivity contribution >= 4 is 7.82 Å². The van der Waals surface area contributed by atoms with Gasteiger partial charge >= 0.3 is 7.82 Å². The zero-order valence-electron chi connectivity index (χ0n) is 8.08. The zero-order valence-corrected chi connectivity index (χ0v) is 8.97. The molecular weight excluding hydrogens is 245 g/mol. The predicted molar refractivity (Wildman–Crippen MR) is 48.9 cm³/mol. The SMILES string of the molecule is N[C@H]1[C@H](O)[C@@H](COP(=O)(O)O)OC(O)[C@@H]1O. The summed E-state index contributed by atoms with van der Waals surface area (Å²) in [4.78, 5) is 16.9. The first-order valence-electron chi connectivity index (χ1n) is 4.37. The van der Waals surface area contributed by atoms with Crippen molar-refractivity contribution in [1.82, 2.24) is 0 Å². The van der Waals surface area contributed by atoms with Gasteiger partial charge in [0.25, 0.3) is 0 Å². The Morgan fingerprint density at radius 3 is 2.31 bits per heavy atom. The first-order chi connectivity index (χ1) is 7.22. The van der Waals surface area contributed by atoms with E-state index in [1.54, 1.807) is 0 Å². The van der Waals surface area contributed by atoms with Crippen LogP contribution < -0.4 is 5.73 Å². The van der Waals surface area contributed by atoms with Gasteiger partial charge in [0, 0.05) is 0 Å². The van der Waals surface area contributed by atoms with E-state index in [0.717, 1.165) is 0 Å². The molecule has 10 heteroatoms. The predicted octanol–water partition coefficient (Wildman–Crippen LogP) is -3.14. The third kappa shape index (κ3) is 3.45. The summed E-state index contributed by atoms with van der Waals surface area (Å²) in [6.07, 6.45) is -5.73. The molecule has 0 aromatic carbocycles. The molecular formula is C6H14NO8P. The molecule has 0 spiro atoms. The molecule has 0 amide bonds. The molecule has 0 aliphatic carbocycles. The van der Waals surface area contributed by atoms with E-state index in [9.17, 15) is 14.8 Å². The fourth-order valence-corrected chi connectivity index (χ4v) is 1.63. The molecule has 1 unspecified atom stereocenters. The second-order valence-corrected chi connectivity index (χ2v) is 4.65. The Bertz CT molecular complexity index is 282. The molecule has 96 valence electrons. The Balaban J connectivity index is 2.57. The highest BCUT2D eigenvalue weighted by Crippen LogP contribution is 2.36. The number of ether oxygens (including phenoxy) is 1. The van der Waals surface area contributed by atoms with E-state index in [-0.39, 0.29) is 0 Å². The van der Waals surface area contributed by atoms with Gasteiger partial charge in [-0.05, 0) is 0 Å². The number of phosphoric ester groups is 1. The number of aliphatic hydroxyl groups is 3. The Morgan fingerprint density at radius 1 is 1.25 bits per heavy atom. The van der Waals surface area contributed by atoms with E-state index >= 15 is 0 Å². The van der Waals surface area contributed by atoms with Crippen molar-refractivity contribution in [2.45, 2.75) is 30.6 Å². The second-order valence-electron chi connectivity index (χ2n) is 3.41. The number of hydrogen-bond acceptors (Lipinski definition) is 7. The lowest BCUT2D eigenvalue weighted by atomic mass is 9.97.